The fourth-order valence-electron chi connectivity index (χ4n) is 2.54. The van der Waals surface area contributed by atoms with Crippen molar-refractivity contribution < 1.29 is 14.3 Å². The summed E-state index contributed by atoms with van der Waals surface area (Å²) in [6, 6.07) is 11.1. The van der Waals surface area contributed by atoms with Crippen molar-refractivity contribution in [1.82, 2.24) is 9.38 Å². The molecule has 0 spiro atoms. The first-order chi connectivity index (χ1) is 11.9. The minimum Gasteiger partial charge on any atom is -0.453 e. The zero-order chi connectivity index (χ0) is 18.0. The molecule has 0 saturated heterocycles. The number of amides is 1. The number of pyridine rings is 1. The van der Waals surface area contributed by atoms with Crippen LogP contribution in [-0.2, 0) is 9.53 Å². The van der Waals surface area contributed by atoms with E-state index in [1.807, 2.05) is 31.3 Å². The van der Waals surface area contributed by atoms with Crippen LogP contribution >= 0.6 is 0 Å². The molecule has 0 saturated carbocycles. The van der Waals surface area contributed by atoms with Crippen LogP contribution in [0.1, 0.15) is 41.6 Å². The van der Waals surface area contributed by atoms with Crippen LogP contribution in [0, 0.1) is 6.92 Å². The molecule has 0 aliphatic carbocycles. The molecule has 0 fully saturated rings. The Morgan fingerprint density at radius 3 is 2.80 bits per heavy atom. The van der Waals surface area contributed by atoms with Crippen LogP contribution in [0.5, 0.6) is 0 Å². The maximum atomic E-state index is 12.4. The molecule has 6 heteroatoms. The van der Waals surface area contributed by atoms with Crippen LogP contribution in [0.15, 0.2) is 48.8 Å². The number of rotatable bonds is 4. The number of nitrogens with zero attached hydrogens (tertiary/aromatic N) is 2. The number of benzene rings is 1. The van der Waals surface area contributed by atoms with Gasteiger partial charge in [0, 0.05) is 25.0 Å². The standard InChI is InChI=1S/C19H19N3O3/c1-12-7-8-22-11-17(21-18(22)9-12)19(24)25-13(2)15-5-4-6-16(10-15)20-14(3)23/h4-11,13H,1-3H3,(H,20,23). The summed E-state index contributed by atoms with van der Waals surface area (Å²) < 4.78 is 7.30. The first-order valence-corrected chi connectivity index (χ1v) is 7.96. The highest BCUT2D eigenvalue weighted by Gasteiger charge is 2.17. The minimum atomic E-state index is -0.487. The summed E-state index contributed by atoms with van der Waals surface area (Å²) in [5, 5.41) is 2.71. The molecule has 1 unspecified atom stereocenters. The lowest BCUT2D eigenvalue weighted by Crippen LogP contribution is -2.10. The van der Waals surface area contributed by atoms with Gasteiger partial charge in [-0.25, -0.2) is 9.78 Å². The molecular formula is C19H19N3O3. The lowest BCUT2D eigenvalue weighted by molar-refractivity contribution is -0.114. The predicted molar refractivity (Wildman–Crippen MR) is 94.5 cm³/mol. The van der Waals surface area contributed by atoms with Crippen LogP contribution in [-0.4, -0.2) is 21.3 Å². The lowest BCUT2D eigenvalue weighted by Gasteiger charge is -2.14. The van der Waals surface area contributed by atoms with E-state index in [1.54, 1.807) is 35.7 Å². The first-order valence-electron chi connectivity index (χ1n) is 7.96. The average molecular weight is 337 g/mol. The molecule has 128 valence electrons. The Bertz CT molecular complexity index is 946. The van der Waals surface area contributed by atoms with Gasteiger partial charge in [0.1, 0.15) is 11.8 Å². The Morgan fingerprint density at radius 2 is 2.04 bits per heavy atom. The van der Waals surface area contributed by atoms with Gasteiger partial charge in [-0.15, -0.1) is 0 Å². The third kappa shape index (κ3) is 3.85. The first kappa shape index (κ1) is 16.7. The monoisotopic (exact) mass is 337 g/mol. The number of nitrogens with one attached hydrogen (secondary N) is 1. The molecule has 1 amide bonds. The van der Waals surface area contributed by atoms with Crippen molar-refractivity contribution in [2.45, 2.75) is 26.9 Å². The molecule has 3 rings (SSSR count). The van der Waals surface area contributed by atoms with Gasteiger partial charge < -0.3 is 14.5 Å². The van der Waals surface area contributed by atoms with E-state index < -0.39 is 12.1 Å². The molecule has 0 aliphatic heterocycles. The number of carbonyl (C=O) groups excluding carboxylic acids is 2. The largest absolute Gasteiger partial charge is 0.453 e. The Morgan fingerprint density at radius 1 is 1.24 bits per heavy atom. The van der Waals surface area contributed by atoms with Gasteiger partial charge in [-0.05, 0) is 49.2 Å². The van der Waals surface area contributed by atoms with Crippen LogP contribution < -0.4 is 5.32 Å². The number of esters is 1. The average Bonchev–Trinajstić information content (AvgIpc) is 2.97. The number of fused-ring (bicyclic) bond motifs is 1. The van der Waals surface area contributed by atoms with Crippen LogP contribution in [0.4, 0.5) is 5.69 Å². The van der Waals surface area contributed by atoms with E-state index in [0.29, 0.717) is 11.3 Å². The SMILES string of the molecule is CC(=O)Nc1cccc(C(C)OC(=O)c2cn3ccc(C)cc3n2)c1. The second-order valence-corrected chi connectivity index (χ2v) is 5.95. The number of ether oxygens (including phenoxy) is 1. The van der Waals surface area contributed by atoms with Crippen LogP contribution in [0.2, 0.25) is 0 Å². The normalized spacial score (nSPS) is 12.0. The summed E-state index contributed by atoms with van der Waals surface area (Å²) in [7, 11) is 0. The Hall–Kier alpha value is -3.15. The second kappa shape index (κ2) is 6.76. The Balaban J connectivity index is 1.76. The van der Waals surface area contributed by atoms with E-state index >= 15 is 0 Å². The zero-order valence-electron chi connectivity index (χ0n) is 14.3. The molecular weight excluding hydrogens is 318 g/mol. The number of aryl methyl sites for hydroxylation is 1. The van der Waals surface area contributed by atoms with Gasteiger partial charge >= 0.3 is 5.97 Å². The van der Waals surface area contributed by atoms with E-state index in [4.69, 9.17) is 4.74 Å². The zero-order valence-corrected chi connectivity index (χ0v) is 14.3. The Labute approximate surface area is 145 Å². The summed E-state index contributed by atoms with van der Waals surface area (Å²) in [4.78, 5) is 27.8. The van der Waals surface area contributed by atoms with Gasteiger partial charge in [-0.3, -0.25) is 4.79 Å². The number of hydrogen-bond acceptors (Lipinski definition) is 4. The summed E-state index contributed by atoms with van der Waals surface area (Å²) in [6.45, 7) is 5.20. The van der Waals surface area contributed by atoms with Gasteiger partial charge in [0.25, 0.3) is 0 Å². The molecule has 0 radical (unpaired) electrons. The number of imidazole rings is 1. The van der Waals surface area contributed by atoms with E-state index in [9.17, 15) is 9.59 Å². The van der Waals surface area contributed by atoms with E-state index in [1.165, 1.54) is 6.92 Å². The maximum absolute atomic E-state index is 12.4. The maximum Gasteiger partial charge on any atom is 0.359 e. The molecule has 1 atom stereocenters. The molecule has 0 aliphatic rings. The molecule has 0 bridgehead atoms. The molecule has 2 aromatic heterocycles. The topological polar surface area (TPSA) is 72.7 Å². The second-order valence-electron chi connectivity index (χ2n) is 5.95. The van der Waals surface area contributed by atoms with Crippen molar-refractivity contribution in [2.75, 3.05) is 5.32 Å². The highest BCUT2D eigenvalue weighted by molar-refractivity contribution is 5.89. The molecule has 1 N–H and O–H groups in total. The predicted octanol–water partition coefficient (Wildman–Crippen LogP) is 3.52. The number of aromatic nitrogens is 2. The summed E-state index contributed by atoms with van der Waals surface area (Å²) >= 11 is 0. The van der Waals surface area contributed by atoms with E-state index in [2.05, 4.69) is 10.3 Å². The third-order valence-corrected chi connectivity index (χ3v) is 3.79. The van der Waals surface area contributed by atoms with Crippen molar-refractivity contribution in [3.05, 3.63) is 65.6 Å². The smallest absolute Gasteiger partial charge is 0.359 e. The highest BCUT2D eigenvalue weighted by atomic mass is 16.5. The van der Waals surface area contributed by atoms with E-state index in [0.717, 1.165) is 11.1 Å². The van der Waals surface area contributed by atoms with Crippen molar-refractivity contribution in [3.63, 3.8) is 0 Å². The van der Waals surface area contributed by atoms with Gasteiger partial charge in [0.05, 0.1) is 0 Å². The van der Waals surface area contributed by atoms with Crippen molar-refractivity contribution in [3.8, 4) is 0 Å². The molecule has 1 aromatic carbocycles. The van der Waals surface area contributed by atoms with Crippen molar-refractivity contribution in [1.29, 1.82) is 0 Å². The fraction of sp³-hybridized carbons (Fsp3) is 0.211. The number of carbonyl (C=O) groups is 2. The van der Waals surface area contributed by atoms with Crippen LogP contribution in [0.3, 0.4) is 0 Å². The molecule has 2 heterocycles. The molecule has 3 aromatic rings. The van der Waals surface area contributed by atoms with Crippen LogP contribution in [0.25, 0.3) is 5.65 Å². The van der Waals surface area contributed by atoms with E-state index in [-0.39, 0.29) is 11.6 Å². The summed E-state index contributed by atoms with van der Waals surface area (Å²) in [6.07, 6.45) is 3.04. The van der Waals surface area contributed by atoms with Gasteiger partial charge in [-0.2, -0.15) is 0 Å². The fourth-order valence-corrected chi connectivity index (χ4v) is 2.54. The quantitative estimate of drug-likeness (QED) is 0.739. The molecule has 6 nitrogen and oxygen atoms in total. The summed E-state index contributed by atoms with van der Waals surface area (Å²) in [5.41, 5.74) is 3.49. The van der Waals surface area contributed by atoms with Gasteiger partial charge in [0.15, 0.2) is 5.69 Å². The Kier molecular flexibility index (Phi) is 4.52. The number of anilines is 1. The summed E-state index contributed by atoms with van der Waals surface area (Å²) in [5.74, 6) is -0.638. The third-order valence-electron chi connectivity index (χ3n) is 3.79. The van der Waals surface area contributed by atoms with Gasteiger partial charge in [0.2, 0.25) is 5.91 Å². The molecule has 25 heavy (non-hydrogen) atoms. The highest BCUT2D eigenvalue weighted by Crippen LogP contribution is 2.22. The van der Waals surface area contributed by atoms with Crippen molar-refractivity contribution >= 4 is 23.2 Å². The van der Waals surface area contributed by atoms with Crippen molar-refractivity contribution in [2.24, 2.45) is 0 Å². The van der Waals surface area contributed by atoms with Gasteiger partial charge in [-0.1, -0.05) is 12.1 Å². The number of hydrogen-bond donors (Lipinski definition) is 1. The minimum absolute atomic E-state index is 0.151. The lowest BCUT2D eigenvalue weighted by atomic mass is 10.1.